The van der Waals surface area contributed by atoms with E-state index in [4.69, 9.17) is 14.2 Å². The average molecular weight is 523 g/mol. The van der Waals surface area contributed by atoms with Crippen LogP contribution in [0.2, 0.25) is 0 Å². The predicted octanol–water partition coefficient (Wildman–Crippen LogP) is 6.00. The molecule has 3 aliphatic heterocycles. The van der Waals surface area contributed by atoms with Gasteiger partial charge in [0.1, 0.15) is 17.3 Å². The van der Waals surface area contributed by atoms with Crippen molar-refractivity contribution < 1.29 is 28.6 Å². The zero-order chi connectivity index (χ0) is 27.3. The van der Waals surface area contributed by atoms with Crippen LogP contribution in [0.15, 0.2) is 34.9 Å². The summed E-state index contributed by atoms with van der Waals surface area (Å²) in [5.41, 5.74) is 2.52. The Hall–Kier alpha value is -2.37. The Morgan fingerprint density at radius 3 is 2.47 bits per heavy atom. The quantitative estimate of drug-likeness (QED) is 0.334. The summed E-state index contributed by atoms with van der Waals surface area (Å²) in [4.78, 5) is 37.4. The highest BCUT2D eigenvalue weighted by atomic mass is 16.6. The van der Waals surface area contributed by atoms with Crippen molar-refractivity contribution >= 4 is 17.9 Å². The topological polar surface area (TPSA) is 78.9 Å². The Bertz CT molecular complexity index is 1180. The first kappa shape index (κ1) is 25.9. The summed E-state index contributed by atoms with van der Waals surface area (Å²) in [5.74, 6) is -0.183. The molecule has 4 fully saturated rings. The fourth-order valence-electron chi connectivity index (χ4n) is 9.62. The number of cyclic esters (lactones) is 1. The van der Waals surface area contributed by atoms with Gasteiger partial charge in [0.25, 0.3) is 0 Å². The number of carbonyl (C=O) groups excluding carboxylic acids is 3. The molecule has 0 aromatic rings. The Labute approximate surface area is 226 Å². The number of rotatable bonds is 3. The minimum Gasteiger partial charge on any atom is -0.458 e. The van der Waals surface area contributed by atoms with Gasteiger partial charge in [-0.1, -0.05) is 31.6 Å². The molecule has 0 aromatic carbocycles. The van der Waals surface area contributed by atoms with E-state index < -0.39 is 11.2 Å². The second kappa shape index (κ2) is 8.32. The van der Waals surface area contributed by atoms with Crippen molar-refractivity contribution in [2.75, 3.05) is 0 Å². The first-order chi connectivity index (χ1) is 17.8. The first-order valence-corrected chi connectivity index (χ1v) is 14.5. The standard InChI is InChI=1S/C32H42O6/c1-18(33)37-32(6,27-21-16-22(17-21)28(35)36-27)25-12-14-30(4)24-9-8-23-19(7-10-26(34)38-29(23,2)3)15-20(24)11-13-31(25,30)5/h7,10,15,21-23,25,27H,8-9,11-14,16-17H2,1-6H3. The van der Waals surface area contributed by atoms with Crippen LogP contribution in [0.3, 0.4) is 0 Å². The van der Waals surface area contributed by atoms with Crippen molar-refractivity contribution in [2.45, 2.75) is 110 Å². The molecule has 3 heterocycles. The van der Waals surface area contributed by atoms with Crippen LogP contribution in [0.5, 0.6) is 0 Å². The molecule has 6 atom stereocenters. The molecule has 7 aliphatic rings. The second-order valence-electron chi connectivity index (χ2n) is 14.0. The lowest BCUT2D eigenvalue weighted by molar-refractivity contribution is -0.237. The highest BCUT2D eigenvalue weighted by Crippen LogP contribution is 2.70. The second-order valence-corrected chi connectivity index (χ2v) is 14.0. The highest BCUT2D eigenvalue weighted by molar-refractivity contribution is 5.83. The average Bonchev–Trinajstić information content (AvgIpc) is 2.90. The Balaban J connectivity index is 1.38. The first-order valence-electron chi connectivity index (χ1n) is 14.5. The monoisotopic (exact) mass is 522 g/mol. The lowest BCUT2D eigenvalue weighted by Gasteiger charge is -2.58. The van der Waals surface area contributed by atoms with E-state index in [0.717, 1.165) is 51.4 Å². The normalized spacial score (nSPS) is 42.6. The minimum absolute atomic E-state index is 0.0222. The van der Waals surface area contributed by atoms with Crippen molar-refractivity contribution in [1.82, 2.24) is 0 Å². The zero-order valence-electron chi connectivity index (χ0n) is 23.7. The van der Waals surface area contributed by atoms with Crippen LogP contribution in [0.25, 0.3) is 0 Å². The van der Waals surface area contributed by atoms with Gasteiger partial charge in [0.15, 0.2) is 0 Å². The molecular formula is C32H42O6. The summed E-state index contributed by atoms with van der Waals surface area (Å²) >= 11 is 0. The third-order valence-electron chi connectivity index (χ3n) is 11.8. The number of esters is 3. The van der Waals surface area contributed by atoms with Gasteiger partial charge in [0.2, 0.25) is 0 Å². The van der Waals surface area contributed by atoms with E-state index in [9.17, 15) is 14.4 Å². The van der Waals surface area contributed by atoms with E-state index >= 15 is 0 Å². The molecule has 6 unspecified atom stereocenters. The van der Waals surface area contributed by atoms with Gasteiger partial charge >= 0.3 is 17.9 Å². The molecule has 0 amide bonds. The fourth-order valence-corrected chi connectivity index (χ4v) is 9.62. The zero-order valence-corrected chi connectivity index (χ0v) is 23.7. The van der Waals surface area contributed by atoms with Crippen molar-refractivity contribution in [3.63, 3.8) is 0 Å². The molecule has 0 N–H and O–H groups in total. The van der Waals surface area contributed by atoms with Crippen LogP contribution in [0, 0.1) is 34.5 Å². The molecule has 0 radical (unpaired) electrons. The van der Waals surface area contributed by atoms with Crippen molar-refractivity contribution in [3.8, 4) is 0 Å². The molecule has 2 saturated heterocycles. The van der Waals surface area contributed by atoms with Crippen LogP contribution in [-0.4, -0.2) is 35.2 Å². The third-order valence-corrected chi connectivity index (χ3v) is 11.8. The molecule has 4 aliphatic carbocycles. The van der Waals surface area contributed by atoms with Gasteiger partial charge in [-0.25, -0.2) is 4.79 Å². The van der Waals surface area contributed by atoms with E-state index in [0.29, 0.717) is 0 Å². The molecule has 6 heteroatoms. The summed E-state index contributed by atoms with van der Waals surface area (Å²) < 4.78 is 18.1. The lowest BCUT2D eigenvalue weighted by Crippen LogP contribution is -2.64. The Morgan fingerprint density at radius 1 is 1.05 bits per heavy atom. The summed E-state index contributed by atoms with van der Waals surface area (Å²) in [5, 5.41) is 0. The van der Waals surface area contributed by atoms with Gasteiger partial charge < -0.3 is 14.2 Å². The lowest BCUT2D eigenvalue weighted by atomic mass is 9.51. The number of hydrogen-bond acceptors (Lipinski definition) is 6. The van der Waals surface area contributed by atoms with Crippen molar-refractivity contribution in [1.29, 1.82) is 0 Å². The van der Waals surface area contributed by atoms with Crippen LogP contribution in [0.1, 0.15) is 92.9 Å². The number of carbonyl (C=O) groups is 3. The number of allylic oxidation sites excluding steroid dienone is 4. The largest absolute Gasteiger partial charge is 0.458 e. The van der Waals surface area contributed by atoms with E-state index in [1.807, 2.05) is 26.8 Å². The maximum atomic E-state index is 12.6. The minimum atomic E-state index is -0.851. The van der Waals surface area contributed by atoms with Crippen LogP contribution in [0.4, 0.5) is 0 Å². The predicted molar refractivity (Wildman–Crippen MR) is 142 cm³/mol. The SMILES string of the molecule is CC(=O)OC(C)(C1OC(=O)C2CC1C2)C1CCC2(C)C3=C(C=C4C=CC(=O)OC(C)(C)C4CC3)CCC12C. The summed E-state index contributed by atoms with van der Waals surface area (Å²) in [6, 6.07) is 0. The molecule has 206 valence electrons. The molecular weight excluding hydrogens is 480 g/mol. The van der Waals surface area contributed by atoms with Crippen LogP contribution >= 0.6 is 0 Å². The van der Waals surface area contributed by atoms with Gasteiger partial charge in [-0.3, -0.25) is 9.59 Å². The van der Waals surface area contributed by atoms with E-state index in [1.54, 1.807) is 6.08 Å². The Kier molecular flexibility index (Phi) is 5.66. The summed E-state index contributed by atoms with van der Waals surface area (Å²) in [6.45, 7) is 12.4. The van der Waals surface area contributed by atoms with E-state index in [-0.39, 0.29) is 58.5 Å². The smallest absolute Gasteiger partial charge is 0.331 e. The van der Waals surface area contributed by atoms with Crippen LogP contribution in [-0.2, 0) is 28.6 Å². The summed E-state index contributed by atoms with van der Waals surface area (Å²) in [7, 11) is 0. The van der Waals surface area contributed by atoms with E-state index in [1.165, 1.54) is 23.6 Å². The van der Waals surface area contributed by atoms with Gasteiger partial charge in [0.05, 0.1) is 5.92 Å². The maximum Gasteiger partial charge on any atom is 0.331 e. The number of hydrogen-bond donors (Lipinski definition) is 0. The molecule has 2 bridgehead atoms. The molecule has 2 saturated carbocycles. The Morgan fingerprint density at radius 2 is 1.79 bits per heavy atom. The van der Waals surface area contributed by atoms with Gasteiger partial charge in [-0.05, 0) is 94.1 Å². The molecule has 7 rings (SSSR count). The van der Waals surface area contributed by atoms with Gasteiger partial charge in [-0.15, -0.1) is 0 Å². The molecule has 6 nitrogen and oxygen atoms in total. The summed E-state index contributed by atoms with van der Waals surface area (Å²) in [6.07, 6.45) is 12.9. The molecule has 0 aromatic heterocycles. The molecule has 0 spiro atoms. The van der Waals surface area contributed by atoms with Crippen molar-refractivity contribution in [2.24, 2.45) is 34.5 Å². The number of ether oxygens (including phenoxy) is 3. The molecule has 38 heavy (non-hydrogen) atoms. The number of fused-ring (bicyclic) bond motifs is 5. The van der Waals surface area contributed by atoms with Gasteiger partial charge in [-0.2, -0.15) is 0 Å². The van der Waals surface area contributed by atoms with Crippen molar-refractivity contribution in [3.05, 3.63) is 34.9 Å². The fraction of sp³-hybridized carbons (Fsp3) is 0.719. The maximum absolute atomic E-state index is 12.6. The van der Waals surface area contributed by atoms with Gasteiger partial charge in [0, 0.05) is 30.8 Å². The van der Waals surface area contributed by atoms with Crippen LogP contribution < -0.4 is 0 Å². The van der Waals surface area contributed by atoms with E-state index in [2.05, 4.69) is 19.9 Å². The highest BCUT2D eigenvalue weighted by Gasteiger charge is 2.67. The third kappa shape index (κ3) is 3.54.